The van der Waals surface area contributed by atoms with Gasteiger partial charge in [-0.15, -0.1) is 12.4 Å². The van der Waals surface area contributed by atoms with Gasteiger partial charge in [0.15, 0.2) is 0 Å². The maximum Gasteiger partial charge on any atom is 0.405 e. The van der Waals surface area contributed by atoms with Crippen LogP contribution in [-0.4, -0.2) is 37.6 Å². The lowest BCUT2D eigenvalue weighted by molar-refractivity contribution is -0.123. The van der Waals surface area contributed by atoms with Crippen molar-refractivity contribution in [3.05, 3.63) is 29.8 Å². The van der Waals surface area contributed by atoms with E-state index in [0.29, 0.717) is 18.0 Å². The first-order chi connectivity index (χ1) is 12.2. The predicted octanol–water partition coefficient (Wildman–Crippen LogP) is 3.36. The van der Waals surface area contributed by atoms with Crippen molar-refractivity contribution < 1.29 is 22.8 Å². The van der Waals surface area contributed by atoms with E-state index in [-0.39, 0.29) is 29.8 Å². The van der Waals surface area contributed by atoms with Crippen LogP contribution in [0.3, 0.4) is 0 Å². The Morgan fingerprint density at radius 3 is 2.33 bits per heavy atom. The fourth-order valence-electron chi connectivity index (χ4n) is 3.07. The smallest absolute Gasteiger partial charge is 0.343 e. The highest BCUT2D eigenvalue weighted by atomic mass is 35.5. The van der Waals surface area contributed by atoms with Gasteiger partial charge < -0.3 is 16.0 Å². The van der Waals surface area contributed by atoms with Crippen molar-refractivity contribution in [1.29, 1.82) is 0 Å². The molecule has 0 saturated carbocycles. The molecule has 0 spiro atoms. The zero-order chi connectivity index (χ0) is 19.2. The summed E-state index contributed by atoms with van der Waals surface area (Å²) in [5.74, 6) is -0.101. The van der Waals surface area contributed by atoms with E-state index in [0.717, 1.165) is 25.9 Å². The molecule has 152 valence electrons. The molecule has 0 radical (unpaired) electrons. The van der Waals surface area contributed by atoms with Crippen molar-refractivity contribution in [3.8, 4) is 0 Å². The summed E-state index contributed by atoms with van der Waals surface area (Å²) in [5, 5.41) is 7.87. The number of amides is 2. The van der Waals surface area contributed by atoms with Crippen LogP contribution in [0.5, 0.6) is 0 Å². The third-order valence-corrected chi connectivity index (χ3v) is 4.58. The Morgan fingerprint density at radius 2 is 1.78 bits per heavy atom. The summed E-state index contributed by atoms with van der Waals surface area (Å²) in [6.07, 6.45) is -1.90. The van der Waals surface area contributed by atoms with Gasteiger partial charge in [-0.05, 0) is 62.0 Å². The molecular weight excluding hydrogens is 383 g/mol. The molecule has 1 aromatic carbocycles. The van der Waals surface area contributed by atoms with Crippen LogP contribution in [0, 0.1) is 11.8 Å². The topological polar surface area (TPSA) is 70.2 Å². The SMILES string of the molecule is CC(CC(=O)Nc1ccc(C(=O)NCC(F)(F)F)cc1)C1CCNCC1.Cl. The second kappa shape index (κ2) is 10.5. The predicted molar refractivity (Wildman–Crippen MR) is 100 cm³/mol. The Morgan fingerprint density at radius 1 is 1.19 bits per heavy atom. The van der Waals surface area contributed by atoms with Gasteiger partial charge in [-0.25, -0.2) is 0 Å². The molecule has 1 saturated heterocycles. The first-order valence-corrected chi connectivity index (χ1v) is 8.70. The van der Waals surface area contributed by atoms with Crippen molar-refractivity contribution in [3.63, 3.8) is 0 Å². The maximum atomic E-state index is 12.2. The molecular formula is C18H25ClF3N3O2. The van der Waals surface area contributed by atoms with Crippen LogP contribution >= 0.6 is 12.4 Å². The van der Waals surface area contributed by atoms with E-state index < -0.39 is 18.6 Å². The standard InChI is InChI=1S/C18H24F3N3O2.ClH/c1-12(13-6-8-22-9-7-13)10-16(25)24-15-4-2-14(3-5-15)17(26)23-11-18(19,20)21;/h2-5,12-13,22H,6-11H2,1H3,(H,23,26)(H,24,25);1H. The van der Waals surface area contributed by atoms with E-state index in [1.54, 1.807) is 5.32 Å². The van der Waals surface area contributed by atoms with Gasteiger partial charge in [0.2, 0.25) is 5.91 Å². The number of alkyl halides is 3. The molecule has 2 rings (SSSR count). The largest absolute Gasteiger partial charge is 0.405 e. The van der Waals surface area contributed by atoms with E-state index in [2.05, 4.69) is 17.6 Å². The van der Waals surface area contributed by atoms with Crippen LogP contribution in [-0.2, 0) is 4.79 Å². The van der Waals surface area contributed by atoms with Gasteiger partial charge >= 0.3 is 6.18 Å². The molecule has 1 fully saturated rings. The number of nitrogens with one attached hydrogen (secondary N) is 3. The molecule has 5 nitrogen and oxygen atoms in total. The number of rotatable bonds is 6. The number of halogens is 4. The Hall–Kier alpha value is -1.80. The van der Waals surface area contributed by atoms with Gasteiger partial charge in [0, 0.05) is 17.7 Å². The number of piperidine rings is 1. The Bertz CT molecular complexity index is 617. The number of carbonyl (C=O) groups is 2. The molecule has 3 N–H and O–H groups in total. The van der Waals surface area contributed by atoms with Gasteiger partial charge in [0.05, 0.1) is 0 Å². The molecule has 0 bridgehead atoms. The zero-order valence-corrected chi connectivity index (χ0v) is 15.9. The Labute approximate surface area is 162 Å². The molecule has 1 aliphatic heterocycles. The van der Waals surface area contributed by atoms with E-state index in [4.69, 9.17) is 0 Å². The molecule has 0 aromatic heterocycles. The Balaban J connectivity index is 0.00000364. The summed E-state index contributed by atoms with van der Waals surface area (Å²) >= 11 is 0. The van der Waals surface area contributed by atoms with Gasteiger partial charge in [-0.3, -0.25) is 9.59 Å². The first-order valence-electron chi connectivity index (χ1n) is 8.70. The molecule has 27 heavy (non-hydrogen) atoms. The summed E-state index contributed by atoms with van der Waals surface area (Å²) in [6, 6.07) is 5.79. The van der Waals surface area contributed by atoms with Crippen LogP contribution in [0.1, 0.15) is 36.5 Å². The lowest BCUT2D eigenvalue weighted by atomic mass is 9.84. The third kappa shape index (κ3) is 8.17. The molecule has 1 heterocycles. The molecule has 1 aliphatic rings. The van der Waals surface area contributed by atoms with Crippen LogP contribution in [0.2, 0.25) is 0 Å². The van der Waals surface area contributed by atoms with Crippen molar-refractivity contribution >= 4 is 29.9 Å². The zero-order valence-electron chi connectivity index (χ0n) is 15.1. The fraction of sp³-hybridized carbons (Fsp3) is 0.556. The van der Waals surface area contributed by atoms with Crippen LogP contribution < -0.4 is 16.0 Å². The molecule has 0 aliphatic carbocycles. The van der Waals surface area contributed by atoms with Gasteiger partial charge in [-0.2, -0.15) is 13.2 Å². The molecule has 2 amide bonds. The normalized spacial score (nSPS) is 16.1. The van der Waals surface area contributed by atoms with Gasteiger partial charge in [0.1, 0.15) is 6.54 Å². The molecule has 9 heteroatoms. The van der Waals surface area contributed by atoms with E-state index in [9.17, 15) is 22.8 Å². The second-order valence-electron chi connectivity index (χ2n) is 6.69. The van der Waals surface area contributed by atoms with Crippen LogP contribution in [0.4, 0.5) is 18.9 Å². The maximum absolute atomic E-state index is 12.2. The van der Waals surface area contributed by atoms with Crippen molar-refractivity contribution in [2.24, 2.45) is 11.8 Å². The first kappa shape index (κ1) is 23.2. The molecule has 1 unspecified atom stereocenters. The second-order valence-corrected chi connectivity index (χ2v) is 6.69. The minimum Gasteiger partial charge on any atom is -0.343 e. The summed E-state index contributed by atoms with van der Waals surface area (Å²) < 4.78 is 36.3. The average molecular weight is 408 g/mol. The van der Waals surface area contributed by atoms with E-state index >= 15 is 0 Å². The summed E-state index contributed by atoms with van der Waals surface area (Å²) in [4.78, 5) is 23.8. The molecule has 1 atom stereocenters. The Kier molecular flexibility index (Phi) is 9.05. The lowest BCUT2D eigenvalue weighted by Crippen LogP contribution is -2.33. The minimum atomic E-state index is -4.45. The highest BCUT2D eigenvalue weighted by Crippen LogP contribution is 2.24. The highest BCUT2D eigenvalue weighted by Gasteiger charge is 2.28. The van der Waals surface area contributed by atoms with E-state index in [1.807, 2.05) is 0 Å². The minimum absolute atomic E-state index is 0. The fourth-order valence-corrected chi connectivity index (χ4v) is 3.07. The summed E-state index contributed by atoms with van der Waals surface area (Å²) in [6.45, 7) is 2.66. The van der Waals surface area contributed by atoms with Gasteiger partial charge in [-0.1, -0.05) is 6.92 Å². The number of benzene rings is 1. The monoisotopic (exact) mass is 407 g/mol. The van der Waals surface area contributed by atoms with Crippen LogP contribution in [0.25, 0.3) is 0 Å². The van der Waals surface area contributed by atoms with Crippen molar-refractivity contribution in [2.75, 3.05) is 25.0 Å². The quantitative estimate of drug-likeness (QED) is 0.677. The van der Waals surface area contributed by atoms with E-state index in [1.165, 1.54) is 24.3 Å². The summed E-state index contributed by atoms with van der Waals surface area (Å²) in [7, 11) is 0. The number of hydrogen-bond donors (Lipinski definition) is 3. The number of carbonyl (C=O) groups excluding carboxylic acids is 2. The third-order valence-electron chi connectivity index (χ3n) is 4.58. The summed E-state index contributed by atoms with van der Waals surface area (Å²) in [5.41, 5.74) is 0.621. The highest BCUT2D eigenvalue weighted by molar-refractivity contribution is 5.95. The van der Waals surface area contributed by atoms with Crippen molar-refractivity contribution in [1.82, 2.24) is 10.6 Å². The lowest BCUT2D eigenvalue weighted by Gasteiger charge is -2.27. The number of hydrogen-bond acceptors (Lipinski definition) is 3. The molecule has 1 aromatic rings. The van der Waals surface area contributed by atoms with Crippen molar-refractivity contribution in [2.45, 2.75) is 32.4 Å². The number of anilines is 1. The average Bonchev–Trinajstić information content (AvgIpc) is 2.60. The van der Waals surface area contributed by atoms with Gasteiger partial charge in [0.25, 0.3) is 5.91 Å². The van der Waals surface area contributed by atoms with Crippen LogP contribution in [0.15, 0.2) is 24.3 Å².